The average Bonchev–Trinajstić information content (AvgIpc) is 2.91. The van der Waals surface area contributed by atoms with Crippen molar-refractivity contribution in [2.24, 2.45) is 0 Å². The molecular formula is C29H26N2O3. The summed E-state index contributed by atoms with van der Waals surface area (Å²) in [6.45, 7) is 0. The van der Waals surface area contributed by atoms with Gasteiger partial charge in [0.15, 0.2) is 5.82 Å². The minimum atomic E-state index is 0.647. The van der Waals surface area contributed by atoms with Gasteiger partial charge in [-0.05, 0) is 77.9 Å². The molecule has 1 aromatic heterocycles. The topological polar surface area (TPSA) is 53.5 Å². The van der Waals surface area contributed by atoms with Crippen LogP contribution < -0.4 is 14.2 Å². The normalized spacial score (nSPS) is 11.1. The van der Waals surface area contributed by atoms with Crippen molar-refractivity contribution in [1.29, 1.82) is 0 Å². The number of aromatic nitrogens is 2. The molecule has 0 unspecified atom stereocenters. The Kier molecular flexibility index (Phi) is 7.35. The van der Waals surface area contributed by atoms with Crippen molar-refractivity contribution in [2.75, 3.05) is 21.3 Å². The second-order valence-corrected chi connectivity index (χ2v) is 7.48. The van der Waals surface area contributed by atoms with Gasteiger partial charge in [-0.25, -0.2) is 9.97 Å². The molecule has 4 rings (SSSR count). The molecule has 5 heteroatoms. The zero-order valence-corrected chi connectivity index (χ0v) is 19.4. The first-order valence-electron chi connectivity index (χ1n) is 10.8. The highest BCUT2D eigenvalue weighted by molar-refractivity contribution is 5.73. The summed E-state index contributed by atoms with van der Waals surface area (Å²) in [6, 6.07) is 25.5. The minimum absolute atomic E-state index is 0.647. The molecule has 0 amide bonds. The summed E-state index contributed by atoms with van der Waals surface area (Å²) in [7, 11) is 4.97. The second-order valence-electron chi connectivity index (χ2n) is 7.48. The van der Waals surface area contributed by atoms with Crippen molar-refractivity contribution >= 4 is 24.3 Å². The van der Waals surface area contributed by atoms with Gasteiger partial charge < -0.3 is 14.2 Å². The van der Waals surface area contributed by atoms with E-state index in [-0.39, 0.29) is 0 Å². The van der Waals surface area contributed by atoms with E-state index in [4.69, 9.17) is 24.2 Å². The number of hydrogen-bond donors (Lipinski definition) is 0. The van der Waals surface area contributed by atoms with Crippen molar-refractivity contribution < 1.29 is 14.2 Å². The van der Waals surface area contributed by atoms with E-state index in [0.29, 0.717) is 5.82 Å². The molecule has 0 bridgehead atoms. The maximum absolute atomic E-state index is 5.28. The van der Waals surface area contributed by atoms with Crippen LogP contribution in [0.1, 0.15) is 22.5 Å². The average molecular weight is 451 g/mol. The van der Waals surface area contributed by atoms with Crippen LogP contribution in [0.2, 0.25) is 0 Å². The number of benzene rings is 3. The third kappa shape index (κ3) is 5.90. The van der Waals surface area contributed by atoms with Gasteiger partial charge in [-0.3, -0.25) is 0 Å². The van der Waals surface area contributed by atoms with Gasteiger partial charge in [-0.15, -0.1) is 0 Å². The van der Waals surface area contributed by atoms with Crippen molar-refractivity contribution in [3.05, 3.63) is 101 Å². The lowest BCUT2D eigenvalue weighted by Gasteiger charge is -2.06. The molecule has 0 radical (unpaired) electrons. The van der Waals surface area contributed by atoms with Crippen LogP contribution in [0.15, 0.2) is 78.9 Å². The summed E-state index contributed by atoms with van der Waals surface area (Å²) in [6.07, 6.45) is 8.02. The Morgan fingerprint density at radius 3 is 1.26 bits per heavy atom. The first-order chi connectivity index (χ1) is 16.7. The van der Waals surface area contributed by atoms with Crippen molar-refractivity contribution in [3.63, 3.8) is 0 Å². The van der Waals surface area contributed by atoms with Gasteiger partial charge in [0.05, 0.1) is 32.7 Å². The molecule has 0 aliphatic heterocycles. The molecule has 3 aromatic carbocycles. The Hall–Kier alpha value is -4.38. The molecule has 0 fully saturated rings. The molecule has 0 saturated heterocycles. The van der Waals surface area contributed by atoms with Gasteiger partial charge >= 0.3 is 0 Å². The van der Waals surface area contributed by atoms with E-state index in [0.717, 1.165) is 45.3 Å². The first kappa shape index (κ1) is 22.8. The van der Waals surface area contributed by atoms with Crippen LogP contribution in [0.5, 0.6) is 17.2 Å². The van der Waals surface area contributed by atoms with Crippen LogP contribution in [-0.4, -0.2) is 31.3 Å². The van der Waals surface area contributed by atoms with Crippen LogP contribution in [0.3, 0.4) is 0 Å². The van der Waals surface area contributed by atoms with Crippen LogP contribution in [0.25, 0.3) is 35.7 Å². The van der Waals surface area contributed by atoms with Crippen LogP contribution in [0.4, 0.5) is 0 Å². The van der Waals surface area contributed by atoms with E-state index >= 15 is 0 Å². The SMILES string of the molecule is COc1ccc(C=Cc2cc(C=Cc3ccc(OC)cc3)nc(-c3ccc(OC)cc3)n2)cc1. The Balaban J connectivity index is 1.67. The van der Waals surface area contributed by atoms with E-state index in [1.165, 1.54) is 0 Å². The monoisotopic (exact) mass is 450 g/mol. The third-order valence-electron chi connectivity index (χ3n) is 5.24. The van der Waals surface area contributed by atoms with Gasteiger partial charge in [-0.2, -0.15) is 0 Å². The van der Waals surface area contributed by atoms with Gasteiger partial charge in [0.2, 0.25) is 0 Å². The molecule has 4 aromatic rings. The smallest absolute Gasteiger partial charge is 0.160 e. The zero-order valence-electron chi connectivity index (χ0n) is 19.4. The highest BCUT2D eigenvalue weighted by Crippen LogP contribution is 2.22. The molecule has 5 nitrogen and oxygen atoms in total. The number of nitrogens with zero attached hydrogens (tertiary/aromatic N) is 2. The summed E-state index contributed by atoms with van der Waals surface area (Å²) in [4.78, 5) is 9.54. The molecule has 170 valence electrons. The molecule has 1 heterocycles. The van der Waals surface area contributed by atoms with Crippen LogP contribution in [0, 0.1) is 0 Å². The maximum Gasteiger partial charge on any atom is 0.160 e. The molecular weight excluding hydrogens is 424 g/mol. The highest BCUT2D eigenvalue weighted by atomic mass is 16.5. The summed E-state index contributed by atoms with van der Waals surface area (Å²) in [5.41, 5.74) is 4.65. The predicted octanol–water partition coefficient (Wildman–Crippen LogP) is 6.51. The first-order valence-corrected chi connectivity index (χ1v) is 10.8. The Morgan fingerprint density at radius 2 is 0.882 bits per heavy atom. The fourth-order valence-electron chi connectivity index (χ4n) is 3.32. The van der Waals surface area contributed by atoms with Gasteiger partial charge in [0, 0.05) is 5.56 Å². The van der Waals surface area contributed by atoms with Crippen molar-refractivity contribution in [3.8, 4) is 28.6 Å². The van der Waals surface area contributed by atoms with E-state index in [9.17, 15) is 0 Å². The quantitative estimate of drug-likeness (QED) is 0.306. The molecule has 0 aliphatic carbocycles. The molecule has 0 atom stereocenters. The second kappa shape index (κ2) is 11.0. The predicted molar refractivity (Wildman–Crippen MR) is 138 cm³/mol. The van der Waals surface area contributed by atoms with E-state index in [2.05, 4.69) is 0 Å². The number of ether oxygens (including phenoxy) is 3. The van der Waals surface area contributed by atoms with Gasteiger partial charge in [0.25, 0.3) is 0 Å². The maximum atomic E-state index is 5.28. The summed E-state index contributed by atoms with van der Waals surface area (Å²) in [5.74, 6) is 3.09. The van der Waals surface area contributed by atoms with E-state index in [1.54, 1.807) is 21.3 Å². The molecule has 0 aliphatic rings. The highest BCUT2D eigenvalue weighted by Gasteiger charge is 2.06. The van der Waals surface area contributed by atoms with Crippen LogP contribution >= 0.6 is 0 Å². The Labute approximate surface area is 200 Å². The van der Waals surface area contributed by atoms with Crippen molar-refractivity contribution in [1.82, 2.24) is 9.97 Å². The minimum Gasteiger partial charge on any atom is -0.497 e. The Bertz CT molecular complexity index is 1200. The lowest BCUT2D eigenvalue weighted by atomic mass is 10.1. The summed E-state index contributed by atoms with van der Waals surface area (Å²) >= 11 is 0. The number of rotatable bonds is 8. The lowest BCUT2D eigenvalue weighted by Crippen LogP contribution is -1.95. The fraction of sp³-hybridized carbons (Fsp3) is 0.103. The largest absolute Gasteiger partial charge is 0.497 e. The molecule has 34 heavy (non-hydrogen) atoms. The van der Waals surface area contributed by atoms with E-state index < -0.39 is 0 Å². The van der Waals surface area contributed by atoms with Gasteiger partial charge in [0.1, 0.15) is 17.2 Å². The third-order valence-corrected chi connectivity index (χ3v) is 5.24. The Morgan fingerprint density at radius 1 is 0.500 bits per heavy atom. The molecule has 0 spiro atoms. The summed E-state index contributed by atoms with van der Waals surface area (Å²) in [5, 5.41) is 0. The van der Waals surface area contributed by atoms with Crippen molar-refractivity contribution in [2.45, 2.75) is 0 Å². The lowest BCUT2D eigenvalue weighted by molar-refractivity contribution is 0.414. The standard InChI is InChI=1S/C29H26N2O3/c1-32-26-14-6-21(7-15-26)4-12-24-20-25(13-5-22-8-16-27(33-2)17-9-22)31-29(30-24)23-10-18-28(34-3)19-11-23/h4-20H,1-3H3. The van der Waals surface area contributed by atoms with Gasteiger partial charge in [-0.1, -0.05) is 36.4 Å². The molecule has 0 N–H and O–H groups in total. The number of hydrogen-bond acceptors (Lipinski definition) is 5. The fourth-order valence-corrected chi connectivity index (χ4v) is 3.32. The summed E-state index contributed by atoms with van der Waals surface area (Å²) < 4.78 is 15.8. The molecule has 0 saturated carbocycles. The van der Waals surface area contributed by atoms with Crippen LogP contribution in [-0.2, 0) is 0 Å². The zero-order chi connectivity index (χ0) is 23.8. The number of methoxy groups -OCH3 is 3. The van der Waals surface area contributed by atoms with E-state index in [1.807, 2.05) is 103 Å².